The molecule has 1 heterocycles. The van der Waals surface area contributed by atoms with Gasteiger partial charge in [-0.2, -0.15) is 0 Å². The first-order valence-electron chi connectivity index (χ1n) is 6.53. The van der Waals surface area contributed by atoms with Crippen molar-refractivity contribution >= 4 is 0 Å². The van der Waals surface area contributed by atoms with E-state index < -0.39 is 0 Å². The van der Waals surface area contributed by atoms with E-state index in [4.69, 9.17) is 9.47 Å². The van der Waals surface area contributed by atoms with E-state index in [0.29, 0.717) is 11.5 Å². The Morgan fingerprint density at radius 3 is 2.70 bits per heavy atom. The van der Waals surface area contributed by atoms with Crippen LogP contribution in [0.1, 0.15) is 23.7 Å². The third-order valence-electron chi connectivity index (χ3n) is 3.59. The van der Waals surface area contributed by atoms with Gasteiger partial charge in [0.1, 0.15) is 17.6 Å². The van der Waals surface area contributed by atoms with Gasteiger partial charge in [0, 0.05) is 11.6 Å². The monoisotopic (exact) mass is 272 g/mol. The second kappa shape index (κ2) is 4.96. The van der Waals surface area contributed by atoms with Crippen molar-refractivity contribution in [1.29, 1.82) is 0 Å². The highest BCUT2D eigenvalue weighted by atomic mass is 16.5. The third kappa shape index (κ3) is 2.13. The highest BCUT2D eigenvalue weighted by Gasteiger charge is 2.24. The molecule has 4 nitrogen and oxygen atoms in total. The number of aryl methyl sites for hydroxylation is 1. The number of aromatic hydroxyl groups is 2. The summed E-state index contributed by atoms with van der Waals surface area (Å²) in [7, 11) is 1.52. The molecule has 2 N–H and O–H groups in total. The number of methoxy groups -OCH3 is 1. The summed E-state index contributed by atoms with van der Waals surface area (Å²) in [6, 6.07) is 10.5. The molecule has 0 saturated carbocycles. The molecule has 2 aromatic rings. The van der Waals surface area contributed by atoms with E-state index in [0.717, 1.165) is 24.0 Å². The lowest BCUT2D eigenvalue weighted by Crippen LogP contribution is -2.15. The molecule has 0 amide bonds. The van der Waals surface area contributed by atoms with Crippen molar-refractivity contribution in [1.82, 2.24) is 0 Å². The highest BCUT2D eigenvalue weighted by molar-refractivity contribution is 5.51. The molecule has 4 heteroatoms. The zero-order chi connectivity index (χ0) is 14.1. The van der Waals surface area contributed by atoms with Crippen LogP contribution in [0.4, 0.5) is 0 Å². The quantitative estimate of drug-likeness (QED) is 0.881. The predicted octanol–water partition coefficient (Wildman–Crippen LogP) is 3.17. The van der Waals surface area contributed by atoms with E-state index >= 15 is 0 Å². The second-order valence-corrected chi connectivity index (χ2v) is 4.84. The summed E-state index contributed by atoms with van der Waals surface area (Å²) in [5, 5.41) is 19.7. The normalized spacial score (nSPS) is 17.1. The first-order valence-corrected chi connectivity index (χ1v) is 6.53. The van der Waals surface area contributed by atoms with Gasteiger partial charge in [0.05, 0.1) is 7.11 Å². The van der Waals surface area contributed by atoms with Crippen LogP contribution in [0.5, 0.6) is 23.0 Å². The molecule has 0 radical (unpaired) electrons. The van der Waals surface area contributed by atoms with Gasteiger partial charge in [-0.1, -0.05) is 18.2 Å². The number of rotatable bonds is 2. The number of phenolic OH excluding ortho intramolecular Hbond substituents is 2. The van der Waals surface area contributed by atoms with Gasteiger partial charge in [-0.3, -0.25) is 0 Å². The van der Waals surface area contributed by atoms with Crippen molar-refractivity contribution in [2.45, 2.75) is 18.9 Å². The summed E-state index contributed by atoms with van der Waals surface area (Å²) in [5.74, 6) is 1.39. The Bertz CT molecular complexity index is 636. The van der Waals surface area contributed by atoms with Crippen molar-refractivity contribution < 1.29 is 19.7 Å². The Labute approximate surface area is 117 Å². The van der Waals surface area contributed by atoms with Gasteiger partial charge in [0.15, 0.2) is 11.5 Å². The van der Waals surface area contributed by atoms with Crippen molar-refractivity contribution in [2.24, 2.45) is 0 Å². The number of phenols is 2. The Morgan fingerprint density at radius 2 is 1.95 bits per heavy atom. The molecule has 1 atom stereocenters. The minimum atomic E-state index is -0.198. The van der Waals surface area contributed by atoms with Crippen LogP contribution in [0.3, 0.4) is 0 Å². The first kappa shape index (κ1) is 12.7. The van der Waals surface area contributed by atoms with Crippen LogP contribution in [-0.4, -0.2) is 17.3 Å². The molecule has 0 unspecified atom stereocenters. The minimum absolute atomic E-state index is 0.0594. The molecule has 2 aromatic carbocycles. The molecule has 1 aliphatic rings. The smallest absolute Gasteiger partial charge is 0.161 e. The number of para-hydroxylation sites is 1. The molecule has 0 aromatic heterocycles. The Kier molecular flexibility index (Phi) is 3.14. The first-order chi connectivity index (χ1) is 9.69. The van der Waals surface area contributed by atoms with E-state index in [1.54, 1.807) is 24.3 Å². The molecule has 0 aliphatic carbocycles. The van der Waals surface area contributed by atoms with Gasteiger partial charge in [-0.05, 0) is 30.5 Å². The van der Waals surface area contributed by atoms with Crippen LogP contribution in [0.15, 0.2) is 36.4 Å². The summed E-state index contributed by atoms with van der Waals surface area (Å²) in [4.78, 5) is 0. The Morgan fingerprint density at radius 1 is 1.15 bits per heavy atom. The molecule has 0 bridgehead atoms. The third-order valence-corrected chi connectivity index (χ3v) is 3.59. The second-order valence-electron chi connectivity index (χ2n) is 4.84. The van der Waals surface area contributed by atoms with E-state index in [2.05, 4.69) is 0 Å². The lowest BCUT2D eigenvalue weighted by Gasteiger charge is -2.27. The standard InChI is InChI=1S/C16H16O4/c1-19-16-8-10-6-7-14(20-15(10)9-13(16)18)11-4-2-3-5-12(11)17/h2-5,8-9,14,17-18H,6-7H2,1H3/t14-/m0/s1. The highest BCUT2D eigenvalue weighted by Crippen LogP contribution is 2.42. The van der Waals surface area contributed by atoms with Crippen LogP contribution < -0.4 is 9.47 Å². The fourth-order valence-corrected chi connectivity index (χ4v) is 2.54. The number of fused-ring (bicyclic) bond motifs is 1. The number of ether oxygens (including phenoxy) is 2. The fourth-order valence-electron chi connectivity index (χ4n) is 2.54. The van der Waals surface area contributed by atoms with Crippen LogP contribution in [0.2, 0.25) is 0 Å². The van der Waals surface area contributed by atoms with Crippen LogP contribution in [0, 0.1) is 0 Å². The molecular formula is C16H16O4. The number of benzene rings is 2. The maximum atomic E-state index is 9.90. The van der Waals surface area contributed by atoms with Crippen LogP contribution in [-0.2, 0) is 6.42 Å². The molecule has 0 saturated heterocycles. The average Bonchev–Trinajstić information content (AvgIpc) is 2.46. The fraction of sp³-hybridized carbons (Fsp3) is 0.250. The molecule has 3 rings (SSSR count). The van der Waals surface area contributed by atoms with Crippen LogP contribution >= 0.6 is 0 Å². The molecule has 20 heavy (non-hydrogen) atoms. The summed E-state index contributed by atoms with van der Waals surface area (Å²) in [6.45, 7) is 0. The molecule has 1 aliphatic heterocycles. The number of hydrogen-bond acceptors (Lipinski definition) is 4. The Hall–Kier alpha value is -2.36. The van der Waals surface area contributed by atoms with E-state index in [9.17, 15) is 10.2 Å². The topological polar surface area (TPSA) is 58.9 Å². The van der Waals surface area contributed by atoms with Gasteiger partial charge in [-0.25, -0.2) is 0 Å². The summed E-state index contributed by atoms with van der Waals surface area (Å²) >= 11 is 0. The SMILES string of the molecule is COc1cc2c(cc1O)O[C@H](c1ccccc1O)CC2. The summed E-state index contributed by atoms with van der Waals surface area (Å²) < 4.78 is 11.0. The molecule has 104 valence electrons. The maximum Gasteiger partial charge on any atom is 0.161 e. The zero-order valence-corrected chi connectivity index (χ0v) is 11.2. The largest absolute Gasteiger partial charge is 0.508 e. The van der Waals surface area contributed by atoms with E-state index in [1.807, 2.05) is 12.1 Å². The average molecular weight is 272 g/mol. The number of hydrogen-bond donors (Lipinski definition) is 2. The van der Waals surface area contributed by atoms with Crippen molar-refractivity contribution in [3.63, 3.8) is 0 Å². The molecule has 0 fully saturated rings. The molecular weight excluding hydrogens is 256 g/mol. The van der Waals surface area contributed by atoms with Crippen molar-refractivity contribution in [2.75, 3.05) is 7.11 Å². The van der Waals surface area contributed by atoms with Gasteiger partial charge < -0.3 is 19.7 Å². The van der Waals surface area contributed by atoms with E-state index in [-0.39, 0.29) is 17.6 Å². The Balaban J connectivity index is 1.93. The van der Waals surface area contributed by atoms with Crippen molar-refractivity contribution in [3.8, 4) is 23.0 Å². The lowest BCUT2D eigenvalue weighted by atomic mass is 9.96. The van der Waals surface area contributed by atoms with Gasteiger partial charge >= 0.3 is 0 Å². The minimum Gasteiger partial charge on any atom is -0.508 e. The van der Waals surface area contributed by atoms with E-state index in [1.165, 1.54) is 7.11 Å². The van der Waals surface area contributed by atoms with Gasteiger partial charge in [0.2, 0.25) is 0 Å². The predicted molar refractivity (Wildman–Crippen MR) is 74.5 cm³/mol. The maximum absolute atomic E-state index is 9.90. The zero-order valence-electron chi connectivity index (χ0n) is 11.2. The lowest BCUT2D eigenvalue weighted by molar-refractivity contribution is 0.172. The van der Waals surface area contributed by atoms with Crippen LogP contribution in [0.25, 0.3) is 0 Å². The summed E-state index contributed by atoms with van der Waals surface area (Å²) in [6.07, 6.45) is 1.39. The van der Waals surface area contributed by atoms with Crippen molar-refractivity contribution in [3.05, 3.63) is 47.5 Å². The van der Waals surface area contributed by atoms with Gasteiger partial charge in [0.25, 0.3) is 0 Å². The molecule has 0 spiro atoms. The summed E-state index contributed by atoms with van der Waals surface area (Å²) in [5.41, 5.74) is 1.78. The van der Waals surface area contributed by atoms with Gasteiger partial charge in [-0.15, -0.1) is 0 Å².